The van der Waals surface area contributed by atoms with E-state index in [2.05, 4.69) is 6.58 Å². The van der Waals surface area contributed by atoms with E-state index < -0.39 is 0 Å². The van der Waals surface area contributed by atoms with Crippen molar-refractivity contribution in [3.05, 3.63) is 12.7 Å². The van der Waals surface area contributed by atoms with E-state index in [-0.39, 0.29) is 18.1 Å². The number of hydrogen-bond acceptors (Lipinski definition) is 4. The normalized spacial score (nSPS) is 23.6. The fourth-order valence-electron chi connectivity index (χ4n) is 1.91. The molecule has 98 valence electrons. The third-order valence-electron chi connectivity index (χ3n) is 2.87. The Morgan fingerprint density at radius 1 is 1.65 bits per heavy atom. The van der Waals surface area contributed by atoms with Crippen molar-refractivity contribution in [1.82, 2.24) is 4.90 Å². The fraction of sp³-hybridized carbons (Fsp3) is 0.750. The Labute approximate surface area is 103 Å². The summed E-state index contributed by atoms with van der Waals surface area (Å²) in [6.07, 6.45) is 3.00. The average molecular weight is 242 g/mol. The molecular weight excluding hydrogens is 220 g/mol. The van der Waals surface area contributed by atoms with E-state index in [1.54, 1.807) is 18.1 Å². The Balaban J connectivity index is 2.49. The van der Waals surface area contributed by atoms with Crippen LogP contribution in [-0.4, -0.2) is 56.4 Å². The number of methoxy groups -OCH3 is 1. The molecule has 1 rings (SSSR count). The lowest BCUT2D eigenvalue weighted by Crippen LogP contribution is -2.41. The smallest absolute Gasteiger partial charge is 0.252 e. The van der Waals surface area contributed by atoms with Gasteiger partial charge >= 0.3 is 0 Å². The van der Waals surface area contributed by atoms with Crippen LogP contribution in [0.3, 0.4) is 0 Å². The molecule has 1 aliphatic heterocycles. The van der Waals surface area contributed by atoms with E-state index in [1.807, 2.05) is 0 Å². The summed E-state index contributed by atoms with van der Waals surface area (Å²) < 4.78 is 10.6. The van der Waals surface area contributed by atoms with Gasteiger partial charge in [0.25, 0.3) is 5.91 Å². The van der Waals surface area contributed by atoms with Crippen LogP contribution in [0.15, 0.2) is 12.7 Å². The van der Waals surface area contributed by atoms with Gasteiger partial charge in [-0.15, -0.1) is 6.58 Å². The van der Waals surface area contributed by atoms with E-state index in [9.17, 15) is 4.79 Å². The van der Waals surface area contributed by atoms with E-state index >= 15 is 0 Å². The lowest BCUT2D eigenvalue weighted by molar-refractivity contribution is -0.142. The second kappa shape index (κ2) is 7.42. The SMILES string of the molecule is C=CCN(CCOC)C(=O)C1CCC(CN)O1. The second-order valence-corrected chi connectivity index (χ2v) is 4.13. The van der Waals surface area contributed by atoms with Gasteiger partial charge in [0.2, 0.25) is 0 Å². The summed E-state index contributed by atoms with van der Waals surface area (Å²) in [6, 6.07) is 0. The van der Waals surface area contributed by atoms with Gasteiger partial charge in [-0.25, -0.2) is 0 Å². The summed E-state index contributed by atoms with van der Waals surface area (Å²) in [5, 5.41) is 0. The van der Waals surface area contributed by atoms with Crippen LogP contribution in [0, 0.1) is 0 Å². The molecule has 2 atom stereocenters. The molecule has 2 unspecified atom stereocenters. The molecule has 0 bridgehead atoms. The zero-order valence-corrected chi connectivity index (χ0v) is 10.4. The number of amides is 1. The second-order valence-electron chi connectivity index (χ2n) is 4.13. The third kappa shape index (κ3) is 4.11. The van der Waals surface area contributed by atoms with Gasteiger partial charge in [-0.2, -0.15) is 0 Å². The summed E-state index contributed by atoms with van der Waals surface area (Å²) in [6.45, 7) is 5.74. The highest BCUT2D eigenvalue weighted by molar-refractivity contribution is 5.81. The summed E-state index contributed by atoms with van der Waals surface area (Å²) in [5.41, 5.74) is 5.53. The van der Waals surface area contributed by atoms with Crippen molar-refractivity contribution in [1.29, 1.82) is 0 Å². The van der Waals surface area contributed by atoms with Crippen LogP contribution in [0.25, 0.3) is 0 Å². The first-order chi connectivity index (χ1) is 8.22. The highest BCUT2D eigenvalue weighted by Crippen LogP contribution is 2.20. The number of carbonyl (C=O) groups excluding carboxylic acids is 1. The Kier molecular flexibility index (Phi) is 6.18. The Morgan fingerprint density at radius 2 is 2.41 bits per heavy atom. The van der Waals surface area contributed by atoms with Crippen molar-refractivity contribution >= 4 is 5.91 Å². The highest BCUT2D eigenvalue weighted by atomic mass is 16.5. The Hall–Kier alpha value is -0.910. The first-order valence-corrected chi connectivity index (χ1v) is 5.97. The number of rotatable bonds is 7. The van der Waals surface area contributed by atoms with Crippen molar-refractivity contribution < 1.29 is 14.3 Å². The van der Waals surface area contributed by atoms with Gasteiger partial charge < -0.3 is 20.1 Å². The minimum atomic E-state index is -0.347. The largest absolute Gasteiger partial charge is 0.383 e. The zero-order chi connectivity index (χ0) is 12.7. The van der Waals surface area contributed by atoms with Crippen molar-refractivity contribution in [3.8, 4) is 0 Å². The monoisotopic (exact) mass is 242 g/mol. The maximum atomic E-state index is 12.2. The molecule has 1 heterocycles. The van der Waals surface area contributed by atoms with Crippen molar-refractivity contribution in [2.45, 2.75) is 25.0 Å². The van der Waals surface area contributed by atoms with Gasteiger partial charge in [0.15, 0.2) is 0 Å². The molecule has 0 aromatic carbocycles. The molecule has 5 nitrogen and oxygen atoms in total. The van der Waals surface area contributed by atoms with Crippen LogP contribution in [0.1, 0.15) is 12.8 Å². The maximum absolute atomic E-state index is 12.2. The summed E-state index contributed by atoms with van der Waals surface area (Å²) in [7, 11) is 1.62. The van der Waals surface area contributed by atoms with E-state index in [0.717, 1.165) is 12.8 Å². The molecule has 1 saturated heterocycles. The topological polar surface area (TPSA) is 64.8 Å². The molecule has 0 radical (unpaired) electrons. The number of ether oxygens (including phenoxy) is 2. The number of nitrogens with two attached hydrogens (primary N) is 1. The van der Waals surface area contributed by atoms with Gasteiger partial charge in [-0.3, -0.25) is 4.79 Å². The predicted molar refractivity (Wildman–Crippen MR) is 65.6 cm³/mol. The lowest BCUT2D eigenvalue weighted by atomic mass is 10.2. The zero-order valence-electron chi connectivity index (χ0n) is 10.4. The number of hydrogen-bond donors (Lipinski definition) is 1. The van der Waals surface area contributed by atoms with Gasteiger partial charge in [0.1, 0.15) is 6.10 Å². The van der Waals surface area contributed by atoms with E-state index in [0.29, 0.717) is 26.2 Å². The number of nitrogens with zero attached hydrogens (tertiary/aromatic N) is 1. The summed E-state index contributed by atoms with van der Waals surface area (Å²) >= 11 is 0. The molecule has 0 aromatic rings. The molecule has 1 amide bonds. The average Bonchev–Trinajstić information content (AvgIpc) is 2.82. The van der Waals surface area contributed by atoms with Crippen LogP contribution < -0.4 is 5.73 Å². The molecule has 0 saturated carbocycles. The van der Waals surface area contributed by atoms with Crippen LogP contribution in [-0.2, 0) is 14.3 Å². The van der Waals surface area contributed by atoms with Crippen LogP contribution in [0.4, 0.5) is 0 Å². The third-order valence-corrected chi connectivity index (χ3v) is 2.87. The highest BCUT2D eigenvalue weighted by Gasteiger charge is 2.32. The molecule has 17 heavy (non-hydrogen) atoms. The predicted octanol–water partition coefficient (Wildman–Crippen LogP) is 0.154. The van der Waals surface area contributed by atoms with Crippen LogP contribution in [0.5, 0.6) is 0 Å². The van der Waals surface area contributed by atoms with Crippen LogP contribution >= 0.6 is 0 Å². The lowest BCUT2D eigenvalue weighted by Gasteiger charge is -2.24. The van der Waals surface area contributed by atoms with Gasteiger partial charge in [-0.1, -0.05) is 6.08 Å². The van der Waals surface area contributed by atoms with Gasteiger partial charge in [0, 0.05) is 26.7 Å². The standard InChI is InChI=1S/C12H22N2O3/c1-3-6-14(7-8-16-2)12(15)11-5-4-10(9-13)17-11/h3,10-11H,1,4-9,13H2,2H3. The van der Waals surface area contributed by atoms with Crippen LogP contribution in [0.2, 0.25) is 0 Å². The first-order valence-electron chi connectivity index (χ1n) is 5.97. The molecule has 1 aliphatic rings. The summed E-state index contributed by atoms with van der Waals surface area (Å²) in [4.78, 5) is 13.9. The molecule has 1 fully saturated rings. The van der Waals surface area contributed by atoms with Gasteiger partial charge in [-0.05, 0) is 12.8 Å². The van der Waals surface area contributed by atoms with Crippen molar-refractivity contribution in [2.75, 3.05) is 33.4 Å². The maximum Gasteiger partial charge on any atom is 0.252 e. The molecule has 5 heteroatoms. The minimum absolute atomic E-state index is 0.0119. The molecule has 2 N–H and O–H groups in total. The molecule has 0 aliphatic carbocycles. The summed E-state index contributed by atoms with van der Waals surface area (Å²) in [5.74, 6) is 0.0119. The Morgan fingerprint density at radius 3 is 2.94 bits per heavy atom. The fourth-order valence-corrected chi connectivity index (χ4v) is 1.91. The van der Waals surface area contributed by atoms with Gasteiger partial charge in [0.05, 0.1) is 12.7 Å². The molecule has 0 spiro atoms. The quantitative estimate of drug-likeness (QED) is 0.646. The van der Waals surface area contributed by atoms with Crippen molar-refractivity contribution in [3.63, 3.8) is 0 Å². The van der Waals surface area contributed by atoms with E-state index in [1.165, 1.54) is 0 Å². The first kappa shape index (κ1) is 14.2. The van der Waals surface area contributed by atoms with E-state index in [4.69, 9.17) is 15.2 Å². The Bertz CT molecular complexity index is 258. The van der Waals surface area contributed by atoms with Crippen molar-refractivity contribution in [2.24, 2.45) is 5.73 Å². The molecular formula is C12H22N2O3. The number of carbonyl (C=O) groups is 1. The molecule has 0 aromatic heterocycles. The minimum Gasteiger partial charge on any atom is -0.383 e.